The highest BCUT2D eigenvalue weighted by molar-refractivity contribution is 5.89. The van der Waals surface area contributed by atoms with E-state index in [1.54, 1.807) is 23.1 Å². The van der Waals surface area contributed by atoms with Crippen molar-refractivity contribution in [1.29, 1.82) is 5.26 Å². The Hall–Kier alpha value is -3.04. The van der Waals surface area contributed by atoms with E-state index < -0.39 is 0 Å². The van der Waals surface area contributed by atoms with Crippen LogP contribution in [0.2, 0.25) is 0 Å². The van der Waals surface area contributed by atoms with Gasteiger partial charge >= 0.3 is 6.03 Å². The standard InChI is InChI=1S/C19H19N3O3/c20-11-15-10-16(21-19(24)22-9-8-14(12-22)13-23)6-7-18(15)25-17-4-2-1-3-5-17/h1-7,10,14,23H,8-9,12-13H2,(H,21,24)/t14-/m0/s1. The number of nitrogens with one attached hydrogen (secondary N) is 1. The first-order chi connectivity index (χ1) is 12.2. The average Bonchev–Trinajstić information content (AvgIpc) is 3.13. The number of carbonyl (C=O) groups is 1. The number of benzene rings is 2. The normalized spacial score (nSPS) is 16.3. The number of hydrogen-bond donors (Lipinski definition) is 2. The van der Waals surface area contributed by atoms with Crippen molar-refractivity contribution >= 4 is 11.7 Å². The molecule has 0 unspecified atom stereocenters. The smallest absolute Gasteiger partial charge is 0.321 e. The van der Waals surface area contributed by atoms with Crippen LogP contribution < -0.4 is 10.1 Å². The Morgan fingerprint density at radius 2 is 2.12 bits per heavy atom. The van der Waals surface area contributed by atoms with Crippen LogP contribution in [0.5, 0.6) is 11.5 Å². The van der Waals surface area contributed by atoms with Crippen molar-refractivity contribution in [3.8, 4) is 17.6 Å². The van der Waals surface area contributed by atoms with Gasteiger partial charge in [0, 0.05) is 31.3 Å². The van der Waals surface area contributed by atoms with Crippen LogP contribution >= 0.6 is 0 Å². The molecule has 1 heterocycles. The molecular formula is C19H19N3O3. The number of likely N-dealkylation sites (tertiary alicyclic amines) is 1. The summed E-state index contributed by atoms with van der Waals surface area (Å²) in [4.78, 5) is 13.9. The van der Waals surface area contributed by atoms with Gasteiger partial charge in [-0.15, -0.1) is 0 Å². The number of hydrogen-bond acceptors (Lipinski definition) is 4. The highest BCUT2D eigenvalue weighted by atomic mass is 16.5. The maximum absolute atomic E-state index is 12.3. The van der Waals surface area contributed by atoms with Gasteiger partial charge < -0.3 is 20.1 Å². The molecule has 25 heavy (non-hydrogen) atoms. The molecule has 1 saturated heterocycles. The summed E-state index contributed by atoms with van der Waals surface area (Å²) in [5.74, 6) is 1.22. The summed E-state index contributed by atoms with van der Waals surface area (Å²) in [7, 11) is 0. The molecule has 128 valence electrons. The van der Waals surface area contributed by atoms with E-state index in [0.29, 0.717) is 35.8 Å². The topological polar surface area (TPSA) is 85.6 Å². The predicted octanol–water partition coefficient (Wildman–Crippen LogP) is 3.20. The van der Waals surface area contributed by atoms with Crippen LogP contribution in [0.15, 0.2) is 48.5 Å². The van der Waals surface area contributed by atoms with Gasteiger partial charge in [0.05, 0.1) is 5.56 Å². The first kappa shape index (κ1) is 16.8. The molecule has 0 radical (unpaired) electrons. The minimum atomic E-state index is -0.225. The minimum Gasteiger partial charge on any atom is -0.456 e. The first-order valence-electron chi connectivity index (χ1n) is 8.13. The van der Waals surface area contributed by atoms with E-state index in [9.17, 15) is 10.1 Å². The molecule has 1 aliphatic heterocycles. The quantitative estimate of drug-likeness (QED) is 0.897. The zero-order chi connectivity index (χ0) is 17.6. The van der Waals surface area contributed by atoms with Crippen LogP contribution in [0.1, 0.15) is 12.0 Å². The molecule has 3 rings (SSSR count). The number of carbonyl (C=O) groups excluding carboxylic acids is 1. The minimum absolute atomic E-state index is 0.0912. The molecule has 0 aliphatic carbocycles. The molecule has 2 N–H and O–H groups in total. The lowest BCUT2D eigenvalue weighted by Crippen LogP contribution is -2.33. The molecule has 0 aromatic heterocycles. The fraction of sp³-hybridized carbons (Fsp3) is 0.263. The van der Waals surface area contributed by atoms with Gasteiger partial charge in [-0.1, -0.05) is 18.2 Å². The number of nitriles is 1. The van der Waals surface area contributed by atoms with E-state index >= 15 is 0 Å². The van der Waals surface area contributed by atoms with Crippen molar-refractivity contribution in [2.24, 2.45) is 5.92 Å². The Labute approximate surface area is 146 Å². The second-order valence-corrected chi connectivity index (χ2v) is 5.95. The second kappa shape index (κ2) is 7.69. The molecule has 6 nitrogen and oxygen atoms in total. The summed E-state index contributed by atoms with van der Waals surface area (Å²) in [6.45, 7) is 1.26. The van der Waals surface area contributed by atoms with Crippen molar-refractivity contribution in [3.05, 3.63) is 54.1 Å². The van der Waals surface area contributed by atoms with E-state index in [1.807, 2.05) is 30.3 Å². The molecular weight excluding hydrogens is 318 g/mol. The van der Waals surface area contributed by atoms with E-state index in [1.165, 1.54) is 0 Å². The summed E-state index contributed by atoms with van der Waals surface area (Å²) in [6.07, 6.45) is 0.803. The zero-order valence-electron chi connectivity index (χ0n) is 13.7. The van der Waals surface area contributed by atoms with Gasteiger partial charge in [0.2, 0.25) is 0 Å². The van der Waals surface area contributed by atoms with Crippen LogP contribution in [0, 0.1) is 17.2 Å². The summed E-state index contributed by atoms with van der Waals surface area (Å²) >= 11 is 0. The van der Waals surface area contributed by atoms with E-state index in [0.717, 1.165) is 6.42 Å². The van der Waals surface area contributed by atoms with Crippen LogP contribution in [0.25, 0.3) is 0 Å². The molecule has 2 amide bonds. The van der Waals surface area contributed by atoms with Gasteiger partial charge in [-0.3, -0.25) is 0 Å². The Balaban J connectivity index is 1.69. The van der Waals surface area contributed by atoms with Crippen LogP contribution in [0.4, 0.5) is 10.5 Å². The Kier molecular flexibility index (Phi) is 5.17. The molecule has 1 atom stereocenters. The van der Waals surface area contributed by atoms with Crippen LogP contribution in [0.3, 0.4) is 0 Å². The molecule has 0 bridgehead atoms. The van der Waals surface area contributed by atoms with Crippen molar-refractivity contribution in [2.75, 3.05) is 25.0 Å². The maximum atomic E-state index is 12.3. The lowest BCUT2D eigenvalue weighted by atomic mass is 10.1. The zero-order valence-corrected chi connectivity index (χ0v) is 13.7. The number of rotatable bonds is 4. The van der Waals surface area contributed by atoms with Crippen molar-refractivity contribution in [2.45, 2.75) is 6.42 Å². The predicted molar refractivity (Wildman–Crippen MR) is 93.5 cm³/mol. The van der Waals surface area contributed by atoms with Crippen LogP contribution in [-0.4, -0.2) is 35.7 Å². The number of nitrogens with zero attached hydrogens (tertiary/aromatic N) is 2. The number of aliphatic hydroxyl groups excluding tert-OH is 1. The van der Waals surface area contributed by atoms with E-state index in [2.05, 4.69) is 11.4 Å². The average molecular weight is 337 g/mol. The van der Waals surface area contributed by atoms with Gasteiger partial charge in [-0.2, -0.15) is 5.26 Å². The third kappa shape index (κ3) is 4.08. The van der Waals surface area contributed by atoms with Crippen molar-refractivity contribution < 1.29 is 14.6 Å². The van der Waals surface area contributed by atoms with Crippen molar-refractivity contribution in [3.63, 3.8) is 0 Å². The molecule has 1 aliphatic rings. The lowest BCUT2D eigenvalue weighted by Gasteiger charge is -2.17. The Morgan fingerprint density at radius 3 is 2.80 bits per heavy atom. The van der Waals surface area contributed by atoms with E-state index in [-0.39, 0.29) is 18.6 Å². The largest absolute Gasteiger partial charge is 0.456 e. The molecule has 0 saturated carbocycles. The van der Waals surface area contributed by atoms with E-state index in [4.69, 9.17) is 9.84 Å². The highest BCUT2D eigenvalue weighted by Crippen LogP contribution is 2.27. The molecule has 0 spiro atoms. The highest BCUT2D eigenvalue weighted by Gasteiger charge is 2.25. The lowest BCUT2D eigenvalue weighted by molar-refractivity contribution is 0.209. The SMILES string of the molecule is N#Cc1cc(NC(=O)N2CC[C@H](CO)C2)ccc1Oc1ccccc1. The van der Waals surface area contributed by atoms with Crippen LogP contribution in [-0.2, 0) is 0 Å². The van der Waals surface area contributed by atoms with Gasteiger partial charge in [0.1, 0.15) is 17.6 Å². The Morgan fingerprint density at radius 1 is 1.32 bits per heavy atom. The number of anilines is 1. The Bertz CT molecular complexity index is 786. The first-order valence-corrected chi connectivity index (χ1v) is 8.13. The van der Waals surface area contributed by atoms with Crippen molar-refractivity contribution in [1.82, 2.24) is 4.90 Å². The summed E-state index contributed by atoms with van der Waals surface area (Å²) in [6, 6.07) is 16.0. The number of aliphatic hydroxyl groups is 1. The van der Waals surface area contributed by atoms with Gasteiger partial charge in [0.15, 0.2) is 0 Å². The summed E-state index contributed by atoms with van der Waals surface area (Å²) < 4.78 is 5.72. The number of para-hydroxylation sites is 1. The van der Waals surface area contributed by atoms with Gasteiger partial charge in [-0.25, -0.2) is 4.79 Å². The molecule has 2 aromatic rings. The molecule has 1 fully saturated rings. The fourth-order valence-electron chi connectivity index (χ4n) is 2.77. The van der Waals surface area contributed by atoms with Gasteiger partial charge in [-0.05, 0) is 36.8 Å². The number of ether oxygens (including phenoxy) is 1. The van der Waals surface area contributed by atoms with Gasteiger partial charge in [0.25, 0.3) is 0 Å². The molecule has 6 heteroatoms. The fourth-order valence-corrected chi connectivity index (χ4v) is 2.77. The second-order valence-electron chi connectivity index (χ2n) is 5.95. The maximum Gasteiger partial charge on any atom is 0.321 e. The monoisotopic (exact) mass is 337 g/mol. The molecule has 2 aromatic carbocycles. The number of amides is 2. The summed E-state index contributed by atoms with van der Waals surface area (Å²) in [5, 5.41) is 21.3. The third-order valence-corrected chi connectivity index (χ3v) is 4.15. The summed E-state index contributed by atoms with van der Waals surface area (Å²) in [5.41, 5.74) is 0.880. The number of urea groups is 1. The third-order valence-electron chi connectivity index (χ3n) is 4.15.